The summed E-state index contributed by atoms with van der Waals surface area (Å²) in [5.41, 5.74) is 6.94. The first-order valence-corrected chi connectivity index (χ1v) is 9.54. The molecule has 2 aliphatic rings. The Labute approximate surface area is 180 Å². The van der Waals surface area contributed by atoms with Crippen molar-refractivity contribution in [3.8, 4) is 5.75 Å². The van der Waals surface area contributed by atoms with Crippen LogP contribution in [0.25, 0.3) is 0 Å². The molecule has 1 spiro atoms. The fraction of sp³-hybridized carbons (Fsp3) is 0.650. The van der Waals surface area contributed by atoms with Crippen molar-refractivity contribution in [2.24, 2.45) is 11.1 Å². The van der Waals surface area contributed by atoms with Crippen LogP contribution < -0.4 is 10.5 Å². The fourth-order valence-electron chi connectivity index (χ4n) is 4.38. The van der Waals surface area contributed by atoms with Crippen LogP contribution in [0.2, 0.25) is 0 Å². The van der Waals surface area contributed by atoms with Gasteiger partial charge in [0.2, 0.25) is 0 Å². The number of carbonyl (C=O) groups is 1. The number of aliphatic hydroxyl groups excluding tert-OH is 1. The van der Waals surface area contributed by atoms with Crippen LogP contribution in [0.1, 0.15) is 35.2 Å². The van der Waals surface area contributed by atoms with Gasteiger partial charge in [0.05, 0.1) is 11.7 Å². The lowest BCUT2D eigenvalue weighted by Crippen LogP contribution is -2.59. The maximum atomic E-state index is 13.3. The normalized spacial score (nSPS) is 25.0. The largest absolute Gasteiger partial charge is 0.491 e. The summed E-state index contributed by atoms with van der Waals surface area (Å²) in [4.78, 5) is 17.4. The summed E-state index contributed by atoms with van der Waals surface area (Å²) in [5.74, 6) is 0.576. The van der Waals surface area contributed by atoms with Crippen molar-refractivity contribution < 1.29 is 14.6 Å². The minimum atomic E-state index is -0.347. The second-order valence-corrected chi connectivity index (χ2v) is 7.87. The van der Waals surface area contributed by atoms with Gasteiger partial charge in [-0.2, -0.15) is 0 Å². The molecule has 1 aromatic rings. The van der Waals surface area contributed by atoms with Crippen LogP contribution in [0.4, 0.5) is 0 Å². The van der Waals surface area contributed by atoms with Crippen molar-refractivity contribution in [1.29, 1.82) is 0 Å². The Morgan fingerprint density at radius 1 is 1.32 bits per heavy atom. The van der Waals surface area contributed by atoms with Crippen molar-refractivity contribution in [3.63, 3.8) is 0 Å². The molecule has 0 bridgehead atoms. The molecule has 3 N–H and O–H groups in total. The summed E-state index contributed by atoms with van der Waals surface area (Å²) in [6, 6.07) is 5.68. The van der Waals surface area contributed by atoms with Gasteiger partial charge >= 0.3 is 0 Å². The van der Waals surface area contributed by atoms with Crippen LogP contribution in [0.3, 0.4) is 0 Å². The molecular weight excluding hydrogens is 401 g/mol. The molecule has 2 saturated heterocycles. The number of piperidine rings is 2. The number of amides is 1. The van der Waals surface area contributed by atoms with Crippen LogP contribution in [0, 0.1) is 12.3 Å². The molecule has 0 aliphatic carbocycles. The van der Waals surface area contributed by atoms with Crippen LogP contribution in [-0.2, 0) is 0 Å². The van der Waals surface area contributed by atoms with Crippen molar-refractivity contribution in [1.82, 2.24) is 9.80 Å². The first-order valence-electron chi connectivity index (χ1n) is 9.54. The lowest BCUT2D eigenvalue weighted by atomic mass is 9.71. The van der Waals surface area contributed by atoms with Gasteiger partial charge in [0.1, 0.15) is 12.4 Å². The Morgan fingerprint density at radius 3 is 2.79 bits per heavy atom. The number of ether oxygens (including phenoxy) is 1. The molecule has 28 heavy (non-hydrogen) atoms. The Bertz CT molecular complexity index is 662. The Kier molecular flexibility index (Phi) is 9.50. The number of halogens is 2. The average molecular weight is 434 g/mol. The van der Waals surface area contributed by atoms with Crippen LogP contribution >= 0.6 is 24.8 Å². The second kappa shape index (κ2) is 10.6. The van der Waals surface area contributed by atoms with Gasteiger partial charge in [-0.1, -0.05) is 11.6 Å². The van der Waals surface area contributed by atoms with Crippen LogP contribution in [0.15, 0.2) is 18.2 Å². The Balaban J connectivity index is 0.00000196. The zero-order chi connectivity index (χ0) is 18.7. The number of benzene rings is 1. The van der Waals surface area contributed by atoms with E-state index in [-0.39, 0.29) is 42.2 Å². The van der Waals surface area contributed by atoms with Gasteiger partial charge in [0.25, 0.3) is 5.91 Å². The van der Waals surface area contributed by atoms with Gasteiger partial charge in [0.15, 0.2) is 0 Å². The first kappa shape index (κ1) is 25.0. The van der Waals surface area contributed by atoms with E-state index in [9.17, 15) is 9.90 Å². The first-order chi connectivity index (χ1) is 12.4. The molecule has 1 aromatic carbocycles. The van der Waals surface area contributed by atoms with E-state index in [0.717, 1.165) is 44.5 Å². The highest BCUT2D eigenvalue weighted by atomic mass is 35.5. The fourth-order valence-corrected chi connectivity index (χ4v) is 4.38. The molecule has 2 fully saturated rings. The third kappa shape index (κ3) is 5.30. The van der Waals surface area contributed by atoms with E-state index in [1.54, 1.807) is 0 Å². The van der Waals surface area contributed by atoms with Gasteiger partial charge in [0, 0.05) is 38.1 Å². The quantitative estimate of drug-likeness (QED) is 0.759. The Morgan fingerprint density at radius 2 is 2.07 bits per heavy atom. The van der Waals surface area contributed by atoms with Crippen molar-refractivity contribution in [2.45, 2.75) is 32.3 Å². The van der Waals surface area contributed by atoms with Gasteiger partial charge in [-0.25, -0.2) is 0 Å². The lowest BCUT2D eigenvalue weighted by Gasteiger charge is -2.50. The second-order valence-electron chi connectivity index (χ2n) is 7.87. The molecule has 2 heterocycles. The molecule has 6 nitrogen and oxygen atoms in total. The Hall–Kier alpha value is -1.05. The SMILES string of the molecule is Cc1ccc(OCCN)c(C(=O)N2CCC[C@]3(CN(C)CC[C@@H]3O)C2)c1.Cl.Cl. The molecule has 0 radical (unpaired) electrons. The van der Waals surface area contributed by atoms with Crippen LogP contribution in [0.5, 0.6) is 5.75 Å². The summed E-state index contributed by atoms with van der Waals surface area (Å²) in [6.45, 7) is 5.84. The standard InChI is InChI=1S/C20H31N3O3.2ClH/c1-15-4-5-17(26-11-8-21)16(12-15)19(25)23-9-3-7-20(14-23)13-22(2)10-6-18(20)24;;/h4-5,12,18,24H,3,6-11,13-14,21H2,1-2H3;2*1H/t18-,20-;;/m0../s1. The number of likely N-dealkylation sites (tertiary alicyclic amines) is 2. The number of nitrogens with two attached hydrogens (primary N) is 1. The minimum Gasteiger partial charge on any atom is -0.491 e. The summed E-state index contributed by atoms with van der Waals surface area (Å²) < 4.78 is 5.70. The number of aliphatic hydroxyl groups is 1. The van der Waals surface area contributed by atoms with E-state index in [1.165, 1.54) is 0 Å². The number of rotatable bonds is 4. The average Bonchev–Trinajstić information content (AvgIpc) is 2.63. The molecule has 8 heteroatoms. The summed E-state index contributed by atoms with van der Waals surface area (Å²) >= 11 is 0. The molecule has 160 valence electrons. The van der Waals surface area contributed by atoms with Gasteiger partial charge < -0.3 is 25.4 Å². The summed E-state index contributed by atoms with van der Waals surface area (Å²) in [6.07, 6.45) is 2.31. The molecule has 1 amide bonds. The van der Waals surface area contributed by atoms with Gasteiger partial charge in [-0.3, -0.25) is 4.79 Å². The van der Waals surface area contributed by atoms with Crippen LogP contribution in [-0.4, -0.2) is 73.3 Å². The zero-order valence-corrected chi connectivity index (χ0v) is 18.4. The smallest absolute Gasteiger partial charge is 0.257 e. The number of nitrogens with zero attached hydrogens (tertiary/aromatic N) is 2. The molecule has 0 saturated carbocycles. The number of hydrogen-bond donors (Lipinski definition) is 2. The highest BCUT2D eigenvalue weighted by molar-refractivity contribution is 5.97. The molecule has 2 aliphatic heterocycles. The number of hydrogen-bond acceptors (Lipinski definition) is 5. The molecular formula is C20H33Cl2N3O3. The minimum absolute atomic E-state index is 0. The molecule has 3 rings (SSSR count). The third-order valence-electron chi connectivity index (χ3n) is 5.71. The maximum Gasteiger partial charge on any atom is 0.257 e. The van der Waals surface area contributed by atoms with Crippen molar-refractivity contribution in [2.75, 3.05) is 46.4 Å². The summed E-state index contributed by atoms with van der Waals surface area (Å²) in [7, 11) is 2.09. The predicted molar refractivity (Wildman–Crippen MR) is 116 cm³/mol. The molecule has 2 atom stereocenters. The highest BCUT2D eigenvalue weighted by Gasteiger charge is 2.45. The topological polar surface area (TPSA) is 79.0 Å². The van der Waals surface area contributed by atoms with E-state index < -0.39 is 0 Å². The van der Waals surface area contributed by atoms with Gasteiger partial charge in [-0.05, 0) is 45.4 Å². The van der Waals surface area contributed by atoms with Gasteiger partial charge in [-0.15, -0.1) is 24.8 Å². The van der Waals surface area contributed by atoms with E-state index >= 15 is 0 Å². The lowest BCUT2D eigenvalue weighted by molar-refractivity contribution is -0.0731. The highest BCUT2D eigenvalue weighted by Crippen LogP contribution is 2.39. The zero-order valence-electron chi connectivity index (χ0n) is 16.7. The maximum absolute atomic E-state index is 13.3. The van der Waals surface area contributed by atoms with E-state index in [2.05, 4.69) is 11.9 Å². The van der Waals surface area contributed by atoms with E-state index in [1.807, 2.05) is 30.0 Å². The van der Waals surface area contributed by atoms with E-state index in [4.69, 9.17) is 10.5 Å². The van der Waals surface area contributed by atoms with Crippen molar-refractivity contribution >= 4 is 30.7 Å². The molecule has 0 unspecified atom stereocenters. The number of aryl methyl sites for hydroxylation is 1. The molecule has 0 aromatic heterocycles. The van der Waals surface area contributed by atoms with E-state index in [0.29, 0.717) is 31.0 Å². The monoisotopic (exact) mass is 433 g/mol. The van der Waals surface area contributed by atoms with Crippen molar-refractivity contribution in [3.05, 3.63) is 29.3 Å². The summed E-state index contributed by atoms with van der Waals surface area (Å²) in [5, 5.41) is 10.7. The number of carbonyl (C=O) groups excluding carboxylic acids is 1. The predicted octanol–water partition coefficient (Wildman–Crippen LogP) is 2.09. The third-order valence-corrected chi connectivity index (χ3v) is 5.71.